The normalized spacial score (nSPS) is 11.6. The summed E-state index contributed by atoms with van der Waals surface area (Å²) in [6.07, 6.45) is -5.20. The lowest BCUT2D eigenvalue weighted by molar-refractivity contribution is -0.133. The van der Waals surface area contributed by atoms with Gasteiger partial charge in [-0.25, -0.2) is 0 Å². The highest BCUT2D eigenvalue weighted by Crippen LogP contribution is 2.23. The molecule has 0 atom stereocenters. The number of rotatable bonds is 6. The van der Waals surface area contributed by atoms with Gasteiger partial charge in [0.05, 0.1) is 6.42 Å². The molecule has 0 saturated heterocycles. The van der Waals surface area contributed by atoms with Crippen LogP contribution in [0.5, 0.6) is 0 Å². The minimum atomic E-state index is -4.28. The Morgan fingerprint density at radius 1 is 1.28 bits per heavy atom. The number of carbonyl (C=O) groups is 1. The molecule has 0 heterocycles. The first-order valence-corrected chi connectivity index (χ1v) is 5.76. The van der Waals surface area contributed by atoms with Crippen LogP contribution in [0, 0.1) is 0 Å². The van der Waals surface area contributed by atoms with Crippen LogP contribution >= 0.6 is 0 Å². The average molecular weight is 259 g/mol. The molecule has 0 aliphatic carbocycles. The van der Waals surface area contributed by atoms with E-state index in [4.69, 9.17) is 0 Å². The van der Waals surface area contributed by atoms with Crippen LogP contribution < -0.4 is 5.32 Å². The molecule has 0 fully saturated rings. The highest BCUT2D eigenvalue weighted by molar-refractivity contribution is 5.97. The summed E-state index contributed by atoms with van der Waals surface area (Å²) >= 11 is 0. The first-order valence-electron chi connectivity index (χ1n) is 5.76. The number of carbonyl (C=O) groups excluding carboxylic acids is 1. The van der Waals surface area contributed by atoms with Crippen LogP contribution in [0.15, 0.2) is 24.3 Å². The molecule has 0 bridgehead atoms. The third-order valence-electron chi connectivity index (χ3n) is 2.60. The quantitative estimate of drug-likeness (QED) is 0.796. The summed E-state index contributed by atoms with van der Waals surface area (Å²) in [4.78, 5) is 11.8. The van der Waals surface area contributed by atoms with E-state index < -0.39 is 24.8 Å². The summed E-state index contributed by atoms with van der Waals surface area (Å²) in [5.74, 6) is -0.445. The van der Waals surface area contributed by atoms with Gasteiger partial charge in [-0.3, -0.25) is 4.79 Å². The first-order chi connectivity index (χ1) is 8.44. The third kappa shape index (κ3) is 4.87. The maximum atomic E-state index is 12.1. The molecule has 1 N–H and O–H groups in total. The lowest BCUT2D eigenvalue weighted by atomic mass is 9.98. The Balaban J connectivity index is 2.72. The number of Topliss-reactive ketones (excluding diaryl/α,β-unsaturated/α-hetero) is 1. The van der Waals surface area contributed by atoms with E-state index in [0.29, 0.717) is 18.5 Å². The Bertz CT molecular complexity index is 401. The van der Waals surface area contributed by atoms with E-state index in [9.17, 15) is 18.0 Å². The number of hydrogen-bond donors (Lipinski definition) is 1. The van der Waals surface area contributed by atoms with Gasteiger partial charge in [-0.05, 0) is 25.6 Å². The van der Waals surface area contributed by atoms with Crippen LogP contribution in [-0.4, -0.2) is 25.6 Å². The molecule has 0 radical (unpaired) electrons. The highest BCUT2D eigenvalue weighted by Gasteiger charge is 2.28. The van der Waals surface area contributed by atoms with E-state index in [1.165, 1.54) is 0 Å². The second-order valence-corrected chi connectivity index (χ2v) is 4.05. The molecule has 0 spiro atoms. The molecular formula is C13H16F3NO. The Labute approximate surface area is 104 Å². The Kier molecular flexibility index (Phi) is 5.34. The molecule has 0 aromatic heterocycles. The SMILES string of the molecule is CNCCc1ccccc1C(=O)CCC(F)(F)F. The maximum Gasteiger partial charge on any atom is 0.389 e. The predicted molar refractivity (Wildman–Crippen MR) is 63.7 cm³/mol. The van der Waals surface area contributed by atoms with Crippen molar-refractivity contribution in [3.63, 3.8) is 0 Å². The fourth-order valence-corrected chi connectivity index (χ4v) is 1.66. The van der Waals surface area contributed by atoms with Crippen molar-refractivity contribution in [1.82, 2.24) is 5.32 Å². The number of likely N-dealkylation sites (N-methyl/N-ethyl adjacent to an activating group) is 1. The summed E-state index contributed by atoms with van der Waals surface area (Å²) in [6.45, 7) is 0.684. The van der Waals surface area contributed by atoms with Gasteiger partial charge in [0, 0.05) is 12.0 Å². The molecule has 0 amide bonds. The number of hydrogen-bond acceptors (Lipinski definition) is 2. The zero-order valence-electron chi connectivity index (χ0n) is 10.2. The molecule has 2 nitrogen and oxygen atoms in total. The number of benzene rings is 1. The zero-order chi connectivity index (χ0) is 13.6. The summed E-state index contributed by atoms with van der Waals surface area (Å²) in [6, 6.07) is 6.82. The van der Waals surface area contributed by atoms with Crippen molar-refractivity contribution in [2.75, 3.05) is 13.6 Å². The van der Waals surface area contributed by atoms with E-state index in [1.807, 2.05) is 0 Å². The monoisotopic (exact) mass is 259 g/mol. The Morgan fingerprint density at radius 3 is 2.56 bits per heavy atom. The lowest BCUT2D eigenvalue weighted by Crippen LogP contribution is -2.15. The molecule has 1 aromatic carbocycles. The van der Waals surface area contributed by atoms with Crippen LogP contribution in [0.4, 0.5) is 13.2 Å². The van der Waals surface area contributed by atoms with Gasteiger partial charge in [0.2, 0.25) is 0 Å². The second kappa shape index (κ2) is 6.54. The molecule has 100 valence electrons. The Morgan fingerprint density at radius 2 is 1.94 bits per heavy atom. The number of halogens is 3. The summed E-state index contributed by atoms with van der Waals surface area (Å²) in [5.41, 5.74) is 1.19. The maximum absolute atomic E-state index is 12.1. The summed E-state index contributed by atoms with van der Waals surface area (Å²) in [5, 5.41) is 2.95. The first kappa shape index (κ1) is 14.7. The molecule has 1 rings (SSSR count). The van der Waals surface area contributed by atoms with Gasteiger partial charge >= 0.3 is 6.18 Å². The number of alkyl halides is 3. The fourth-order valence-electron chi connectivity index (χ4n) is 1.66. The van der Waals surface area contributed by atoms with Gasteiger partial charge in [-0.1, -0.05) is 24.3 Å². The van der Waals surface area contributed by atoms with Gasteiger partial charge in [0.25, 0.3) is 0 Å². The molecule has 1 aromatic rings. The largest absolute Gasteiger partial charge is 0.389 e. The van der Waals surface area contributed by atoms with E-state index in [-0.39, 0.29) is 0 Å². The highest BCUT2D eigenvalue weighted by atomic mass is 19.4. The van der Waals surface area contributed by atoms with Crippen molar-refractivity contribution in [1.29, 1.82) is 0 Å². The fraction of sp³-hybridized carbons (Fsp3) is 0.462. The van der Waals surface area contributed by atoms with Gasteiger partial charge in [0.15, 0.2) is 5.78 Å². The van der Waals surface area contributed by atoms with Gasteiger partial charge in [-0.15, -0.1) is 0 Å². The van der Waals surface area contributed by atoms with Crippen LogP contribution in [0.2, 0.25) is 0 Å². The summed E-state index contributed by atoms with van der Waals surface area (Å²) < 4.78 is 36.2. The van der Waals surface area contributed by atoms with Crippen molar-refractivity contribution in [2.45, 2.75) is 25.4 Å². The zero-order valence-corrected chi connectivity index (χ0v) is 10.2. The van der Waals surface area contributed by atoms with Crippen LogP contribution in [-0.2, 0) is 6.42 Å². The topological polar surface area (TPSA) is 29.1 Å². The standard InChI is InChI=1S/C13H16F3NO/c1-17-9-7-10-4-2-3-5-11(10)12(18)6-8-13(14,15)16/h2-5,17H,6-9H2,1H3. The number of ketones is 1. The van der Waals surface area contributed by atoms with E-state index >= 15 is 0 Å². The van der Waals surface area contributed by atoms with Crippen molar-refractivity contribution >= 4 is 5.78 Å². The molecule has 0 saturated carbocycles. The molecular weight excluding hydrogens is 243 g/mol. The van der Waals surface area contributed by atoms with Crippen molar-refractivity contribution < 1.29 is 18.0 Å². The van der Waals surface area contributed by atoms with Crippen LogP contribution in [0.3, 0.4) is 0 Å². The van der Waals surface area contributed by atoms with E-state index in [0.717, 1.165) is 5.56 Å². The molecule has 5 heteroatoms. The molecule has 18 heavy (non-hydrogen) atoms. The lowest BCUT2D eigenvalue weighted by Gasteiger charge is -2.09. The number of nitrogens with one attached hydrogen (secondary N) is 1. The van der Waals surface area contributed by atoms with Crippen molar-refractivity contribution in [2.24, 2.45) is 0 Å². The van der Waals surface area contributed by atoms with E-state index in [1.54, 1.807) is 31.3 Å². The minimum Gasteiger partial charge on any atom is -0.319 e. The van der Waals surface area contributed by atoms with Gasteiger partial charge in [0.1, 0.15) is 0 Å². The van der Waals surface area contributed by atoms with Crippen LogP contribution in [0.1, 0.15) is 28.8 Å². The smallest absolute Gasteiger partial charge is 0.319 e. The van der Waals surface area contributed by atoms with Crippen molar-refractivity contribution in [3.8, 4) is 0 Å². The molecule has 0 aliphatic heterocycles. The van der Waals surface area contributed by atoms with Gasteiger partial charge in [-0.2, -0.15) is 13.2 Å². The summed E-state index contributed by atoms with van der Waals surface area (Å²) in [7, 11) is 1.79. The van der Waals surface area contributed by atoms with Crippen LogP contribution in [0.25, 0.3) is 0 Å². The van der Waals surface area contributed by atoms with Crippen molar-refractivity contribution in [3.05, 3.63) is 35.4 Å². The third-order valence-corrected chi connectivity index (χ3v) is 2.60. The van der Waals surface area contributed by atoms with E-state index in [2.05, 4.69) is 5.32 Å². The minimum absolute atomic E-state index is 0.400. The molecule has 0 unspecified atom stereocenters. The predicted octanol–water partition coefficient (Wildman–Crippen LogP) is 2.97. The van der Waals surface area contributed by atoms with Gasteiger partial charge < -0.3 is 5.32 Å². The molecule has 0 aliphatic rings. The Hall–Kier alpha value is -1.36. The average Bonchev–Trinajstić information content (AvgIpc) is 2.33. The second-order valence-electron chi connectivity index (χ2n) is 4.05.